The lowest BCUT2D eigenvalue weighted by atomic mass is 10.1. The van der Waals surface area contributed by atoms with Gasteiger partial charge in [-0.1, -0.05) is 50.6 Å². The van der Waals surface area contributed by atoms with E-state index in [2.05, 4.69) is 57.3 Å². The van der Waals surface area contributed by atoms with Crippen LogP contribution < -0.4 is 5.32 Å². The third-order valence-corrected chi connectivity index (χ3v) is 4.42. The monoisotopic (exact) mass is 251 g/mol. The zero-order valence-electron chi connectivity index (χ0n) is 11.5. The first-order chi connectivity index (χ1) is 8.17. The number of benzene rings is 1. The molecule has 96 valence electrons. The summed E-state index contributed by atoms with van der Waals surface area (Å²) in [6.07, 6.45) is 1.20. The van der Waals surface area contributed by atoms with Gasteiger partial charge in [0.1, 0.15) is 0 Å². The van der Waals surface area contributed by atoms with Gasteiger partial charge in [0, 0.05) is 17.0 Å². The molecule has 0 saturated carbocycles. The summed E-state index contributed by atoms with van der Waals surface area (Å²) in [7, 11) is 0. The normalized spacial score (nSPS) is 14.6. The molecule has 2 heteroatoms. The predicted molar refractivity (Wildman–Crippen MR) is 79.7 cm³/mol. The molecule has 0 spiro atoms. The van der Waals surface area contributed by atoms with Crippen molar-refractivity contribution in [3.8, 4) is 0 Å². The molecular formula is C15H25NS. The molecule has 1 aromatic rings. The molecule has 0 radical (unpaired) electrons. The summed E-state index contributed by atoms with van der Waals surface area (Å²) in [5, 5.41) is 4.23. The molecule has 0 bridgehead atoms. The first-order valence-electron chi connectivity index (χ1n) is 6.57. The summed E-state index contributed by atoms with van der Waals surface area (Å²) in [4.78, 5) is 0. The molecule has 0 amide bonds. The van der Waals surface area contributed by atoms with E-state index in [1.165, 1.54) is 17.5 Å². The fraction of sp³-hybridized carbons (Fsp3) is 0.600. The van der Waals surface area contributed by atoms with Gasteiger partial charge in [-0.05, 0) is 25.5 Å². The van der Waals surface area contributed by atoms with Crippen LogP contribution in [-0.4, -0.2) is 17.8 Å². The second-order valence-corrected chi connectivity index (χ2v) is 5.94. The van der Waals surface area contributed by atoms with Crippen LogP contribution in [0.25, 0.3) is 0 Å². The van der Waals surface area contributed by atoms with Gasteiger partial charge in [0.05, 0.1) is 0 Å². The number of rotatable bonds is 7. The Bertz CT molecular complexity index is 324. The summed E-state index contributed by atoms with van der Waals surface area (Å²) < 4.78 is 0. The molecule has 0 aromatic heterocycles. The highest BCUT2D eigenvalue weighted by molar-refractivity contribution is 7.99. The highest BCUT2D eigenvalue weighted by atomic mass is 32.2. The van der Waals surface area contributed by atoms with Crippen molar-refractivity contribution in [3.63, 3.8) is 0 Å². The Hall–Kier alpha value is -0.470. The maximum absolute atomic E-state index is 3.56. The third kappa shape index (κ3) is 5.13. The Morgan fingerprint density at radius 1 is 1.29 bits per heavy atom. The van der Waals surface area contributed by atoms with Crippen molar-refractivity contribution in [2.75, 3.05) is 6.54 Å². The van der Waals surface area contributed by atoms with E-state index >= 15 is 0 Å². The summed E-state index contributed by atoms with van der Waals surface area (Å²) in [5.74, 6) is 1.12. The topological polar surface area (TPSA) is 12.0 Å². The Morgan fingerprint density at radius 3 is 2.65 bits per heavy atom. The van der Waals surface area contributed by atoms with Crippen LogP contribution in [0.15, 0.2) is 24.3 Å². The van der Waals surface area contributed by atoms with Gasteiger partial charge >= 0.3 is 0 Å². The molecule has 1 rings (SSSR count). The number of nitrogens with one attached hydrogen (secondary N) is 1. The Labute approximate surface area is 110 Å². The smallest absolute Gasteiger partial charge is 0.0187 e. The molecule has 0 saturated heterocycles. The van der Waals surface area contributed by atoms with Crippen molar-refractivity contribution in [2.45, 2.75) is 51.2 Å². The molecule has 1 N–H and O–H groups in total. The summed E-state index contributed by atoms with van der Waals surface area (Å²) in [6.45, 7) is 9.99. The van der Waals surface area contributed by atoms with Crippen molar-refractivity contribution >= 4 is 11.8 Å². The molecule has 0 fully saturated rings. The van der Waals surface area contributed by atoms with Gasteiger partial charge in [0.15, 0.2) is 0 Å². The minimum atomic E-state index is 0.634. The maximum Gasteiger partial charge on any atom is 0.0187 e. The Morgan fingerprint density at radius 2 is 2.06 bits per heavy atom. The second-order valence-electron chi connectivity index (χ2n) is 4.58. The molecule has 0 aliphatic rings. The molecule has 1 nitrogen and oxygen atoms in total. The van der Waals surface area contributed by atoms with Gasteiger partial charge in [-0.2, -0.15) is 11.8 Å². The van der Waals surface area contributed by atoms with Crippen LogP contribution in [0.2, 0.25) is 0 Å². The second kappa shape index (κ2) is 7.78. The first kappa shape index (κ1) is 14.6. The number of hydrogen-bond acceptors (Lipinski definition) is 2. The van der Waals surface area contributed by atoms with Gasteiger partial charge in [-0.3, -0.25) is 0 Å². The summed E-state index contributed by atoms with van der Waals surface area (Å²) in [5.41, 5.74) is 2.79. The average molecular weight is 251 g/mol. The largest absolute Gasteiger partial charge is 0.313 e. The zero-order valence-corrected chi connectivity index (χ0v) is 12.3. The fourth-order valence-corrected chi connectivity index (χ4v) is 3.21. The number of hydrogen-bond donors (Lipinski definition) is 1. The van der Waals surface area contributed by atoms with Crippen LogP contribution >= 0.6 is 11.8 Å². The molecule has 1 aromatic carbocycles. The van der Waals surface area contributed by atoms with Crippen LogP contribution in [0.5, 0.6) is 0 Å². The third-order valence-electron chi connectivity index (χ3n) is 3.07. The molecule has 0 heterocycles. The Kier molecular flexibility index (Phi) is 6.68. The SMILES string of the molecule is CCNC(CC)C(C)SCc1cccc(C)c1. The lowest BCUT2D eigenvalue weighted by Crippen LogP contribution is -2.36. The van der Waals surface area contributed by atoms with Gasteiger partial charge < -0.3 is 5.32 Å². The number of thioether (sulfide) groups is 1. The molecular weight excluding hydrogens is 226 g/mol. The van der Waals surface area contributed by atoms with Gasteiger partial charge in [-0.25, -0.2) is 0 Å². The molecule has 2 atom stereocenters. The van der Waals surface area contributed by atoms with Crippen molar-refractivity contribution < 1.29 is 0 Å². The quantitative estimate of drug-likeness (QED) is 0.786. The minimum Gasteiger partial charge on any atom is -0.313 e. The zero-order chi connectivity index (χ0) is 12.7. The maximum atomic E-state index is 3.56. The van der Waals surface area contributed by atoms with E-state index in [0.717, 1.165) is 12.3 Å². The van der Waals surface area contributed by atoms with Crippen LogP contribution in [-0.2, 0) is 5.75 Å². The van der Waals surface area contributed by atoms with E-state index in [0.29, 0.717) is 11.3 Å². The lowest BCUT2D eigenvalue weighted by molar-refractivity contribution is 0.509. The number of aryl methyl sites for hydroxylation is 1. The summed E-state index contributed by atoms with van der Waals surface area (Å²) >= 11 is 2.05. The van der Waals surface area contributed by atoms with Gasteiger partial charge in [0.2, 0.25) is 0 Å². The van der Waals surface area contributed by atoms with E-state index in [9.17, 15) is 0 Å². The van der Waals surface area contributed by atoms with E-state index in [4.69, 9.17) is 0 Å². The van der Waals surface area contributed by atoms with E-state index in [-0.39, 0.29) is 0 Å². The first-order valence-corrected chi connectivity index (χ1v) is 7.62. The van der Waals surface area contributed by atoms with Crippen molar-refractivity contribution in [1.29, 1.82) is 0 Å². The van der Waals surface area contributed by atoms with Crippen LogP contribution in [0.1, 0.15) is 38.3 Å². The van der Waals surface area contributed by atoms with E-state index in [1.54, 1.807) is 0 Å². The van der Waals surface area contributed by atoms with Gasteiger partial charge in [-0.15, -0.1) is 0 Å². The average Bonchev–Trinajstić information content (AvgIpc) is 2.33. The molecule has 0 aliphatic carbocycles. The summed E-state index contributed by atoms with van der Waals surface area (Å²) in [6, 6.07) is 9.45. The van der Waals surface area contributed by atoms with E-state index < -0.39 is 0 Å². The van der Waals surface area contributed by atoms with Crippen LogP contribution in [0.4, 0.5) is 0 Å². The van der Waals surface area contributed by atoms with Crippen molar-refractivity contribution in [2.24, 2.45) is 0 Å². The van der Waals surface area contributed by atoms with Crippen LogP contribution in [0, 0.1) is 6.92 Å². The highest BCUT2D eigenvalue weighted by Crippen LogP contribution is 2.21. The van der Waals surface area contributed by atoms with Crippen LogP contribution in [0.3, 0.4) is 0 Å². The molecule has 0 aliphatic heterocycles. The van der Waals surface area contributed by atoms with Crippen molar-refractivity contribution in [3.05, 3.63) is 35.4 Å². The fourth-order valence-electron chi connectivity index (χ4n) is 2.05. The van der Waals surface area contributed by atoms with Crippen molar-refractivity contribution in [1.82, 2.24) is 5.32 Å². The standard InChI is InChI=1S/C15H25NS/c1-5-15(16-6-2)13(4)17-11-14-9-7-8-12(3)10-14/h7-10,13,15-16H,5-6,11H2,1-4H3. The molecule has 2 unspecified atom stereocenters. The Balaban J connectivity index is 2.44. The molecule has 17 heavy (non-hydrogen) atoms. The lowest BCUT2D eigenvalue weighted by Gasteiger charge is -2.23. The minimum absolute atomic E-state index is 0.634. The predicted octanol–water partition coefficient (Wildman–Crippen LogP) is 4.00. The highest BCUT2D eigenvalue weighted by Gasteiger charge is 2.14. The van der Waals surface area contributed by atoms with E-state index in [1.807, 2.05) is 11.8 Å². The van der Waals surface area contributed by atoms with Gasteiger partial charge in [0.25, 0.3) is 0 Å².